The van der Waals surface area contributed by atoms with Crippen LogP contribution in [0.25, 0.3) is 0 Å². The Morgan fingerprint density at radius 3 is 2.55 bits per heavy atom. The fourth-order valence-electron chi connectivity index (χ4n) is 0.918. The topological polar surface area (TPSA) is 43.4 Å². The average Bonchev–Trinajstić information content (AvgIpc) is 2.36. The van der Waals surface area contributed by atoms with Gasteiger partial charge in [0.15, 0.2) is 9.84 Å². The molecule has 0 saturated carbocycles. The van der Waals surface area contributed by atoms with Crippen LogP contribution >= 0.6 is 27.5 Å². The molecule has 1 fully saturated rings. The van der Waals surface area contributed by atoms with Crippen molar-refractivity contribution >= 4 is 37.4 Å². The Balaban J connectivity index is 2.75. The maximum Gasteiger partial charge on any atom is 0.170 e. The first-order valence-electron chi connectivity index (χ1n) is 3.07. The maximum atomic E-state index is 11.2. The van der Waals surface area contributed by atoms with Crippen LogP contribution in [-0.4, -0.2) is 36.9 Å². The third-order valence-corrected chi connectivity index (χ3v) is 5.43. The smallest absolute Gasteiger partial charge is 0.170 e. The first-order chi connectivity index (χ1) is 5.08. The SMILES string of the molecule is O=S(=O)(CCl)C1COCC1Br. The number of hydrogen-bond donors (Lipinski definition) is 0. The molecule has 3 nitrogen and oxygen atoms in total. The van der Waals surface area contributed by atoms with Crippen LogP contribution in [0.4, 0.5) is 0 Å². The van der Waals surface area contributed by atoms with Gasteiger partial charge in [-0.25, -0.2) is 8.42 Å². The molecule has 0 radical (unpaired) electrons. The normalized spacial score (nSPS) is 32.5. The van der Waals surface area contributed by atoms with Crippen molar-refractivity contribution < 1.29 is 13.2 Å². The maximum absolute atomic E-state index is 11.2. The highest BCUT2D eigenvalue weighted by atomic mass is 79.9. The van der Waals surface area contributed by atoms with E-state index in [-0.39, 0.29) is 16.6 Å². The standard InChI is InChI=1S/C5H8BrClO3S/c6-4-1-10-2-5(4)11(8,9)3-7/h4-5H,1-3H2. The van der Waals surface area contributed by atoms with E-state index in [1.807, 2.05) is 0 Å². The third-order valence-electron chi connectivity index (χ3n) is 1.58. The van der Waals surface area contributed by atoms with Crippen molar-refractivity contribution in [2.75, 3.05) is 18.4 Å². The number of alkyl halides is 2. The minimum Gasteiger partial charge on any atom is -0.379 e. The highest BCUT2D eigenvalue weighted by molar-refractivity contribution is 9.09. The van der Waals surface area contributed by atoms with Crippen LogP contribution in [0.5, 0.6) is 0 Å². The second kappa shape index (κ2) is 3.60. The summed E-state index contributed by atoms with van der Waals surface area (Å²) in [5, 5.41) is -0.802. The molecule has 0 bridgehead atoms. The van der Waals surface area contributed by atoms with Crippen LogP contribution in [0.15, 0.2) is 0 Å². The molecule has 11 heavy (non-hydrogen) atoms. The van der Waals surface area contributed by atoms with E-state index in [0.717, 1.165) is 0 Å². The van der Waals surface area contributed by atoms with Crippen molar-refractivity contribution in [1.82, 2.24) is 0 Å². The Kier molecular flexibility index (Phi) is 3.19. The number of rotatable bonds is 2. The lowest BCUT2D eigenvalue weighted by Gasteiger charge is -2.09. The fourth-order valence-corrected chi connectivity index (χ4v) is 3.72. The summed E-state index contributed by atoms with van der Waals surface area (Å²) >= 11 is 8.49. The zero-order valence-corrected chi connectivity index (χ0v) is 8.82. The summed E-state index contributed by atoms with van der Waals surface area (Å²) < 4.78 is 27.3. The van der Waals surface area contributed by atoms with Crippen molar-refractivity contribution in [3.63, 3.8) is 0 Å². The van der Waals surface area contributed by atoms with Crippen molar-refractivity contribution in [2.24, 2.45) is 0 Å². The number of hydrogen-bond acceptors (Lipinski definition) is 3. The number of sulfone groups is 1. The van der Waals surface area contributed by atoms with Crippen LogP contribution in [0, 0.1) is 0 Å². The molecule has 1 aliphatic rings. The van der Waals surface area contributed by atoms with Crippen molar-refractivity contribution in [2.45, 2.75) is 10.1 Å². The van der Waals surface area contributed by atoms with Crippen molar-refractivity contribution in [3.05, 3.63) is 0 Å². The predicted molar refractivity (Wildman–Crippen MR) is 47.0 cm³/mol. The van der Waals surface area contributed by atoms with Crippen LogP contribution in [-0.2, 0) is 14.6 Å². The van der Waals surface area contributed by atoms with Gasteiger partial charge in [-0.15, -0.1) is 11.6 Å². The van der Waals surface area contributed by atoms with Gasteiger partial charge in [-0.05, 0) is 0 Å². The molecule has 2 unspecified atom stereocenters. The largest absolute Gasteiger partial charge is 0.379 e. The molecule has 2 atom stereocenters. The van der Waals surface area contributed by atoms with Gasteiger partial charge in [-0.1, -0.05) is 15.9 Å². The molecule has 66 valence electrons. The van der Waals surface area contributed by atoms with Gasteiger partial charge in [0, 0.05) is 0 Å². The quantitative estimate of drug-likeness (QED) is 0.691. The molecule has 0 aliphatic carbocycles. The van der Waals surface area contributed by atoms with Gasteiger partial charge < -0.3 is 4.74 Å². The lowest BCUT2D eigenvalue weighted by Crippen LogP contribution is -2.29. The van der Waals surface area contributed by atoms with E-state index in [2.05, 4.69) is 15.9 Å². The summed E-state index contributed by atoms with van der Waals surface area (Å²) in [7, 11) is -3.15. The predicted octanol–water partition coefficient (Wildman–Crippen LogP) is 0.760. The summed E-state index contributed by atoms with van der Waals surface area (Å²) in [6.07, 6.45) is 0. The minimum absolute atomic E-state index is 0.105. The Hall–Kier alpha value is 0.680. The van der Waals surface area contributed by atoms with Crippen molar-refractivity contribution in [1.29, 1.82) is 0 Å². The van der Waals surface area contributed by atoms with Gasteiger partial charge >= 0.3 is 0 Å². The fraction of sp³-hybridized carbons (Fsp3) is 1.00. The van der Waals surface area contributed by atoms with Crippen LogP contribution in [0.2, 0.25) is 0 Å². The van der Waals surface area contributed by atoms with E-state index < -0.39 is 15.1 Å². The second-order valence-electron chi connectivity index (χ2n) is 2.36. The Bertz CT molecular complexity index is 228. The zero-order chi connectivity index (χ0) is 8.48. The summed E-state index contributed by atoms with van der Waals surface area (Å²) in [4.78, 5) is -0.105. The summed E-state index contributed by atoms with van der Waals surface area (Å²) in [5.41, 5.74) is 0. The molecule has 1 heterocycles. The van der Waals surface area contributed by atoms with Gasteiger partial charge in [-0.2, -0.15) is 0 Å². The van der Waals surface area contributed by atoms with E-state index in [0.29, 0.717) is 6.61 Å². The molecule has 1 rings (SSSR count). The molecule has 0 N–H and O–H groups in total. The average molecular weight is 264 g/mol. The molecule has 1 saturated heterocycles. The lowest BCUT2D eigenvalue weighted by molar-refractivity contribution is 0.200. The monoisotopic (exact) mass is 262 g/mol. The third kappa shape index (κ3) is 2.08. The van der Waals surface area contributed by atoms with Gasteiger partial charge in [0.05, 0.1) is 18.0 Å². The Morgan fingerprint density at radius 1 is 1.55 bits per heavy atom. The molecule has 0 aromatic heterocycles. The second-order valence-corrected chi connectivity index (χ2v) is 6.34. The highest BCUT2D eigenvalue weighted by Crippen LogP contribution is 2.22. The first kappa shape index (κ1) is 9.77. The molecule has 6 heteroatoms. The summed E-state index contributed by atoms with van der Waals surface area (Å²) in [5.74, 6) is 0. The van der Waals surface area contributed by atoms with E-state index in [1.165, 1.54) is 0 Å². The molecular weight excluding hydrogens is 255 g/mol. The van der Waals surface area contributed by atoms with Gasteiger partial charge in [0.2, 0.25) is 0 Å². The van der Waals surface area contributed by atoms with Gasteiger partial charge in [0.25, 0.3) is 0 Å². The van der Waals surface area contributed by atoms with E-state index in [4.69, 9.17) is 16.3 Å². The Labute approximate surface area is 79.1 Å². The molecule has 0 aromatic rings. The molecule has 0 spiro atoms. The van der Waals surface area contributed by atoms with Gasteiger partial charge in [-0.3, -0.25) is 0 Å². The number of ether oxygens (including phenoxy) is 1. The van der Waals surface area contributed by atoms with E-state index >= 15 is 0 Å². The molecule has 0 amide bonds. The molecule has 1 aliphatic heterocycles. The Morgan fingerprint density at radius 2 is 2.18 bits per heavy atom. The molecular formula is C5H8BrClO3S. The van der Waals surface area contributed by atoms with E-state index in [9.17, 15) is 8.42 Å². The highest BCUT2D eigenvalue weighted by Gasteiger charge is 2.36. The van der Waals surface area contributed by atoms with Crippen LogP contribution in [0.1, 0.15) is 0 Å². The lowest BCUT2D eigenvalue weighted by atomic mass is 10.4. The molecule has 0 aromatic carbocycles. The van der Waals surface area contributed by atoms with Crippen molar-refractivity contribution in [3.8, 4) is 0 Å². The summed E-state index contributed by atoms with van der Waals surface area (Å²) in [6, 6.07) is 0. The van der Waals surface area contributed by atoms with Crippen LogP contribution < -0.4 is 0 Å². The number of halogens is 2. The zero-order valence-electron chi connectivity index (χ0n) is 5.66. The van der Waals surface area contributed by atoms with Crippen LogP contribution in [0.3, 0.4) is 0 Å². The minimum atomic E-state index is -3.15. The van der Waals surface area contributed by atoms with E-state index in [1.54, 1.807) is 0 Å². The summed E-state index contributed by atoms with van der Waals surface area (Å²) in [6.45, 7) is 0.700. The first-order valence-corrected chi connectivity index (χ1v) is 6.24. The van der Waals surface area contributed by atoms with Gasteiger partial charge in [0.1, 0.15) is 10.5 Å².